The third kappa shape index (κ3) is 10.7. The molecule has 12 heteroatoms. The summed E-state index contributed by atoms with van der Waals surface area (Å²) in [6.45, 7) is 7.23. The molecule has 0 radical (unpaired) electrons. The topological polar surface area (TPSA) is 118 Å². The third-order valence-electron chi connectivity index (χ3n) is 6.99. The van der Waals surface area contributed by atoms with Gasteiger partial charge in [0.25, 0.3) is 0 Å². The number of aliphatic hydroxyl groups is 1. The zero-order valence-electron chi connectivity index (χ0n) is 22.3. The molecule has 2 aliphatic heterocycles. The van der Waals surface area contributed by atoms with Gasteiger partial charge < -0.3 is 20.2 Å². The smallest absolute Gasteiger partial charge is 0.326 e. The van der Waals surface area contributed by atoms with Crippen LogP contribution in [-0.2, 0) is 14.4 Å². The molecule has 8 nitrogen and oxygen atoms in total. The number of unbranched alkanes of at least 4 members (excludes halogenated alkanes) is 2. The summed E-state index contributed by atoms with van der Waals surface area (Å²) < 4.78 is 0. The van der Waals surface area contributed by atoms with Crippen LogP contribution >= 0.6 is 43.2 Å². The lowest BCUT2D eigenvalue weighted by Crippen LogP contribution is -2.46. The molecule has 214 valence electrons. The Morgan fingerprint density at radius 3 is 2.22 bits per heavy atom. The minimum absolute atomic E-state index is 0.0251. The molecule has 6 unspecified atom stereocenters. The predicted molar refractivity (Wildman–Crippen MR) is 157 cm³/mol. The average molecular weight is 597 g/mol. The predicted octanol–water partition coefficient (Wildman–Crippen LogP) is 4.91. The lowest BCUT2D eigenvalue weighted by atomic mass is 10.1. The van der Waals surface area contributed by atoms with Gasteiger partial charge in [-0.2, -0.15) is 0 Å². The average Bonchev–Trinajstić information content (AvgIpc) is 3.55. The fourth-order valence-electron chi connectivity index (χ4n) is 4.72. The molecule has 2 heterocycles. The van der Waals surface area contributed by atoms with E-state index in [4.69, 9.17) is 0 Å². The van der Waals surface area contributed by atoms with Gasteiger partial charge in [-0.05, 0) is 32.1 Å². The summed E-state index contributed by atoms with van der Waals surface area (Å²) in [6, 6.07) is -1.26. The molecule has 0 aliphatic carbocycles. The Hall–Kier alpha value is -0.270. The Morgan fingerprint density at radius 2 is 1.54 bits per heavy atom. The molecule has 3 N–H and O–H groups in total. The number of carboxylic acids is 2. The fraction of sp³-hybridized carbons (Fsp3) is 0.880. The third-order valence-corrected chi connectivity index (χ3v) is 13.0. The largest absolute Gasteiger partial charge is 0.480 e. The van der Waals surface area contributed by atoms with Gasteiger partial charge in [-0.25, -0.2) is 4.79 Å². The van der Waals surface area contributed by atoms with Crippen LogP contribution in [0.3, 0.4) is 0 Å². The number of rotatable bonds is 18. The maximum Gasteiger partial charge on any atom is 0.326 e. The molecule has 0 spiro atoms. The lowest BCUT2D eigenvalue weighted by molar-refractivity contribution is -0.149. The molecule has 0 saturated carbocycles. The molecule has 0 aromatic rings. The summed E-state index contributed by atoms with van der Waals surface area (Å²) in [5.74, 6) is 0.321. The van der Waals surface area contributed by atoms with Crippen LogP contribution in [0.2, 0.25) is 0 Å². The van der Waals surface area contributed by atoms with Gasteiger partial charge in [-0.15, -0.1) is 0 Å². The van der Waals surface area contributed by atoms with E-state index in [2.05, 4.69) is 6.92 Å². The van der Waals surface area contributed by atoms with Gasteiger partial charge in [-0.1, -0.05) is 83.2 Å². The maximum atomic E-state index is 12.8. The number of nitrogens with zero attached hydrogens (tertiary/aromatic N) is 2. The van der Waals surface area contributed by atoms with E-state index in [0.717, 1.165) is 30.8 Å². The minimum Gasteiger partial charge on any atom is -0.480 e. The molecule has 2 saturated heterocycles. The highest BCUT2D eigenvalue weighted by molar-refractivity contribution is 8.78. The Kier molecular flexibility index (Phi) is 15.5. The van der Waals surface area contributed by atoms with Crippen molar-refractivity contribution < 1.29 is 29.7 Å². The van der Waals surface area contributed by atoms with E-state index in [1.807, 2.05) is 24.6 Å². The van der Waals surface area contributed by atoms with Gasteiger partial charge in [0.15, 0.2) is 0 Å². The summed E-state index contributed by atoms with van der Waals surface area (Å²) in [6.07, 6.45) is 6.61. The first-order chi connectivity index (χ1) is 17.7. The van der Waals surface area contributed by atoms with E-state index in [9.17, 15) is 29.7 Å². The Balaban J connectivity index is 1.74. The first kappa shape index (κ1) is 32.9. The molecule has 2 aliphatic rings. The van der Waals surface area contributed by atoms with Crippen LogP contribution in [0.25, 0.3) is 0 Å². The van der Waals surface area contributed by atoms with Crippen molar-refractivity contribution in [2.75, 3.05) is 30.3 Å². The van der Waals surface area contributed by atoms with Gasteiger partial charge in [0.2, 0.25) is 5.91 Å². The van der Waals surface area contributed by atoms with Gasteiger partial charge in [0.05, 0.1) is 0 Å². The highest BCUT2D eigenvalue weighted by Crippen LogP contribution is 2.37. The Bertz CT molecular complexity index is 733. The lowest BCUT2D eigenvalue weighted by Gasteiger charge is -2.31. The monoisotopic (exact) mass is 596 g/mol. The molecule has 6 atom stereocenters. The van der Waals surface area contributed by atoms with Gasteiger partial charge in [0.1, 0.15) is 18.3 Å². The van der Waals surface area contributed by atoms with Gasteiger partial charge in [0, 0.05) is 47.4 Å². The summed E-state index contributed by atoms with van der Waals surface area (Å²) in [5.41, 5.74) is 0. The van der Waals surface area contributed by atoms with Crippen LogP contribution in [0, 0.1) is 11.8 Å². The van der Waals surface area contributed by atoms with Crippen molar-refractivity contribution in [2.45, 2.75) is 95.7 Å². The maximum absolute atomic E-state index is 12.8. The first-order valence-electron chi connectivity index (χ1n) is 13.4. The Labute approximate surface area is 237 Å². The summed E-state index contributed by atoms with van der Waals surface area (Å²) >= 11 is 0. The standard InChI is InChI=1S/C25H44N2O6S4/c1-4-5-6-9-19(37-36-15-18(3)23(29)27-13-8-11-21(27)25(32)33)16-35-34-14-17(2)22(28)26-12-7-10-20(26)24(30)31/h17-21,23,29H,4-16H2,1-3H3,(H,30,31)(H,32,33). The second-order valence-electron chi connectivity index (χ2n) is 10.1. The number of carbonyl (C=O) groups excluding carboxylic acids is 1. The fourth-order valence-corrected chi connectivity index (χ4v) is 11.1. The second kappa shape index (κ2) is 17.4. The second-order valence-corrected chi connectivity index (χ2v) is 15.4. The van der Waals surface area contributed by atoms with Crippen LogP contribution in [0.5, 0.6) is 0 Å². The van der Waals surface area contributed by atoms with E-state index < -0.39 is 30.3 Å². The quantitative estimate of drug-likeness (QED) is 0.148. The number of hydrogen-bond acceptors (Lipinski definition) is 9. The molecule has 37 heavy (non-hydrogen) atoms. The van der Waals surface area contributed by atoms with Crippen molar-refractivity contribution in [3.63, 3.8) is 0 Å². The number of hydrogen-bond donors (Lipinski definition) is 3. The van der Waals surface area contributed by atoms with E-state index in [1.165, 1.54) is 24.2 Å². The van der Waals surface area contributed by atoms with E-state index in [0.29, 0.717) is 36.9 Å². The van der Waals surface area contributed by atoms with Crippen LogP contribution in [-0.4, -0.2) is 96.9 Å². The Morgan fingerprint density at radius 1 is 0.892 bits per heavy atom. The number of carboxylic acid groups (broad SMARTS) is 2. The van der Waals surface area contributed by atoms with Crippen molar-refractivity contribution in [1.82, 2.24) is 9.80 Å². The molecule has 0 aromatic heterocycles. The van der Waals surface area contributed by atoms with Gasteiger partial charge >= 0.3 is 11.9 Å². The zero-order chi connectivity index (χ0) is 27.4. The number of amides is 1. The highest BCUT2D eigenvalue weighted by atomic mass is 33.1. The van der Waals surface area contributed by atoms with Crippen LogP contribution in [0.15, 0.2) is 0 Å². The van der Waals surface area contributed by atoms with Crippen LogP contribution in [0.1, 0.15) is 72.1 Å². The number of aliphatic hydroxyl groups excluding tert-OH is 1. The number of aliphatic carboxylic acids is 2. The molecule has 0 bridgehead atoms. The molecule has 2 fully saturated rings. The molecule has 2 rings (SSSR count). The SMILES string of the molecule is CCCCCC(CSSCC(C)C(=O)N1CCCC1C(=O)O)SSCC(C)C(O)N1CCCC1C(=O)O. The normalized spacial score (nSPS) is 23.6. The highest BCUT2D eigenvalue weighted by Gasteiger charge is 2.37. The summed E-state index contributed by atoms with van der Waals surface area (Å²) in [4.78, 5) is 38.9. The summed E-state index contributed by atoms with van der Waals surface area (Å²) in [5, 5.41) is 30.0. The van der Waals surface area contributed by atoms with Crippen LogP contribution in [0.4, 0.5) is 0 Å². The summed E-state index contributed by atoms with van der Waals surface area (Å²) in [7, 11) is 7.07. The van der Waals surface area contributed by atoms with Crippen molar-refractivity contribution in [3.8, 4) is 0 Å². The van der Waals surface area contributed by atoms with Gasteiger partial charge in [-0.3, -0.25) is 14.5 Å². The minimum atomic E-state index is -0.909. The number of likely N-dealkylation sites (tertiary alicyclic amines) is 2. The zero-order valence-corrected chi connectivity index (χ0v) is 25.5. The van der Waals surface area contributed by atoms with Crippen molar-refractivity contribution >= 4 is 61.0 Å². The molecule has 0 aromatic carbocycles. The van der Waals surface area contributed by atoms with E-state index in [-0.39, 0.29) is 17.7 Å². The van der Waals surface area contributed by atoms with E-state index in [1.54, 1.807) is 37.3 Å². The van der Waals surface area contributed by atoms with Crippen molar-refractivity contribution in [3.05, 3.63) is 0 Å². The first-order valence-corrected chi connectivity index (χ1v) is 18.3. The molecular formula is C25H44N2O6S4. The number of carbonyl (C=O) groups is 3. The van der Waals surface area contributed by atoms with Crippen molar-refractivity contribution in [1.29, 1.82) is 0 Å². The van der Waals surface area contributed by atoms with E-state index >= 15 is 0 Å². The van der Waals surface area contributed by atoms with Crippen LogP contribution < -0.4 is 0 Å². The van der Waals surface area contributed by atoms with Crippen molar-refractivity contribution in [2.24, 2.45) is 11.8 Å². The molecule has 1 amide bonds. The molecular weight excluding hydrogens is 553 g/mol.